The molecule has 23 heavy (non-hydrogen) atoms. The first-order valence-electron chi connectivity index (χ1n) is 8.02. The Morgan fingerprint density at radius 1 is 1.13 bits per heavy atom. The van der Waals surface area contributed by atoms with E-state index in [1.807, 2.05) is 29.8 Å². The van der Waals surface area contributed by atoms with Gasteiger partial charge in [0, 0.05) is 17.4 Å². The van der Waals surface area contributed by atoms with E-state index in [1.54, 1.807) is 0 Å². The summed E-state index contributed by atoms with van der Waals surface area (Å²) in [5, 5.41) is 4.20. The van der Waals surface area contributed by atoms with Crippen LogP contribution in [0.25, 0.3) is 10.9 Å². The van der Waals surface area contributed by atoms with Gasteiger partial charge in [-0.1, -0.05) is 25.1 Å². The second-order valence-electron chi connectivity index (χ2n) is 5.99. The zero-order valence-electron chi connectivity index (χ0n) is 13.9. The van der Waals surface area contributed by atoms with Gasteiger partial charge in [-0.2, -0.15) is 0 Å². The van der Waals surface area contributed by atoms with Gasteiger partial charge < -0.3 is 9.88 Å². The number of hydrogen-bond acceptors (Lipinski definition) is 1. The lowest BCUT2D eigenvalue weighted by Crippen LogP contribution is -2.18. The zero-order valence-corrected chi connectivity index (χ0v) is 13.9. The van der Waals surface area contributed by atoms with Crippen LogP contribution in [0.1, 0.15) is 23.6 Å². The fourth-order valence-corrected chi connectivity index (χ4v) is 2.84. The predicted octanol–water partition coefficient (Wildman–Crippen LogP) is 4.46. The molecule has 0 aliphatic heterocycles. The van der Waals surface area contributed by atoms with E-state index in [0.717, 1.165) is 23.2 Å². The highest BCUT2D eigenvalue weighted by Crippen LogP contribution is 2.20. The summed E-state index contributed by atoms with van der Waals surface area (Å²) in [6, 6.07) is 14.4. The molecule has 2 aromatic carbocycles. The van der Waals surface area contributed by atoms with Crippen molar-refractivity contribution in [1.82, 2.24) is 4.57 Å². The summed E-state index contributed by atoms with van der Waals surface area (Å²) in [4.78, 5) is 12.4. The van der Waals surface area contributed by atoms with Crippen molar-refractivity contribution in [3.05, 3.63) is 65.4 Å². The SMILES string of the molecule is CCc1ccc2c(ccn2CC(=O)Nc2cccc(C)c2C)c1. The number of nitrogens with zero attached hydrogens (tertiary/aromatic N) is 1. The van der Waals surface area contributed by atoms with Crippen LogP contribution in [0.2, 0.25) is 0 Å². The van der Waals surface area contributed by atoms with E-state index >= 15 is 0 Å². The van der Waals surface area contributed by atoms with E-state index in [-0.39, 0.29) is 5.91 Å². The van der Waals surface area contributed by atoms with Crippen LogP contribution < -0.4 is 5.32 Å². The maximum absolute atomic E-state index is 12.4. The molecule has 0 aliphatic carbocycles. The van der Waals surface area contributed by atoms with Crippen molar-refractivity contribution >= 4 is 22.5 Å². The first-order valence-corrected chi connectivity index (χ1v) is 8.02. The lowest BCUT2D eigenvalue weighted by Gasteiger charge is -2.11. The third-order valence-corrected chi connectivity index (χ3v) is 4.44. The fraction of sp³-hybridized carbons (Fsp3) is 0.250. The summed E-state index contributed by atoms with van der Waals surface area (Å²) in [5.41, 5.74) is 5.60. The van der Waals surface area contributed by atoms with Crippen LogP contribution in [0.4, 0.5) is 5.69 Å². The lowest BCUT2D eigenvalue weighted by molar-refractivity contribution is -0.116. The van der Waals surface area contributed by atoms with E-state index in [0.29, 0.717) is 6.54 Å². The molecule has 3 nitrogen and oxygen atoms in total. The third-order valence-electron chi connectivity index (χ3n) is 4.44. The summed E-state index contributed by atoms with van der Waals surface area (Å²) in [5.74, 6) is -0.00392. The highest BCUT2D eigenvalue weighted by atomic mass is 16.1. The minimum absolute atomic E-state index is 0.00392. The van der Waals surface area contributed by atoms with Gasteiger partial charge >= 0.3 is 0 Å². The Morgan fingerprint density at radius 2 is 1.96 bits per heavy atom. The number of nitrogens with one attached hydrogen (secondary N) is 1. The molecule has 3 rings (SSSR count). The highest BCUT2D eigenvalue weighted by molar-refractivity contribution is 5.93. The molecule has 0 saturated carbocycles. The van der Waals surface area contributed by atoms with Gasteiger partial charge in [-0.25, -0.2) is 0 Å². The molecule has 0 aliphatic rings. The van der Waals surface area contributed by atoms with Crippen molar-refractivity contribution in [3.8, 4) is 0 Å². The van der Waals surface area contributed by atoms with Crippen LogP contribution in [0, 0.1) is 13.8 Å². The molecule has 1 N–H and O–H groups in total. The van der Waals surface area contributed by atoms with Crippen LogP contribution in [0.3, 0.4) is 0 Å². The minimum Gasteiger partial charge on any atom is -0.338 e. The zero-order chi connectivity index (χ0) is 16.4. The molecule has 3 heteroatoms. The van der Waals surface area contributed by atoms with Crippen molar-refractivity contribution in [2.24, 2.45) is 0 Å². The lowest BCUT2D eigenvalue weighted by atomic mass is 10.1. The predicted molar refractivity (Wildman–Crippen MR) is 95.9 cm³/mol. The van der Waals surface area contributed by atoms with Crippen LogP contribution in [0.5, 0.6) is 0 Å². The molecule has 0 unspecified atom stereocenters. The van der Waals surface area contributed by atoms with E-state index < -0.39 is 0 Å². The maximum Gasteiger partial charge on any atom is 0.244 e. The highest BCUT2D eigenvalue weighted by Gasteiger charge is 2.09. The number of amides is 1. The first-order chi connectivity index (χ1) is 11.1. The molecular weight excluding hydrogens is 284 g/mol. The second-order valence-corrected chi connectivity index (χ2v) is 5.99. The van der Waals surface area contributed by atoms with Crippen LogP contribution >= 0.6 is 0 Å². The van der Waals surface area contributed by atoms with Crippen molar-refractivity contribution < 1.29 is 4.79 Å². The molecule has 1 heterocycles. The minimum atomic E-state index is -0.00392. The van der Waals surface area contributed by atoms with Crippen LogP contribution in [-0.4, -0.2) is 10.5 Å². The van der Waals surface area contributed by atoms with Gasteiger partial charge in [-0.15, -0.1) is 0 Å². The van der Waals surface area contributed by atoms with E-state index in [9.17, 15) is 4.79 Å². The smallest absolute Gasteiger partial charge is 0.244 e. The van der Waals surface area contributed by atoms with Crippen molar-refractivity contribution in [1.29, 1.82) is 0 Å². The molecule has 3 aromatic rings. The molecule has 1 aromatic heterocycles. The van der Waals surface area contributed by atoms with Gasteiger partial charge in [0.2, 0.25) is 5.91 Å². The molecule has 0 radical (unpaired) electrons. The summed E-state index contributed by atoms with van der Waals surface area (Å²) >= 11 is 0. The van der Waals surface area contributed by atoms with E-state index in [2.05, 4.69) is 49.5 Å². The number of carbonyl (C=O) groups is 1. The average molecular weight is 306 g/mol. The molecular formula is C20H22N2O. The Kier molecular flexibility index (Phi) is 4.20. The quantitative estimate of drug-likeness (QED) is 0.758. The number of anilines is 1. The number of fused-ring (bicyclic) bond motifs is 1. The Bertz CT molecular complexity index is 861. The van der Waals surface area contributed by atoms with Crippen molar-refractivity contribution in [2.45, 2.75) is 33.7 Å². The van der Waals surface area contributed by atoms with Crippen molar-refractivity contribution in [2.75, 3.05) is 5.32 Å². The molecule has 0 saturated heterocycles. The maximum atomic E-state index is 12.4. The van der Waals surface area contributed by atoms with Gasteiger partial charge in [0.05, 0.1) is 0 Å². The Hall–Kier alpha value is -2.55. The molecule has 118 valence electrons. The number of aryl methyl sites for hydroxylation is 2. The summed E-state index contributed by atoms with van der Waals surface area (Å²) < 4.78 is 2.00. The van der Waals surface area contributed by atoms with Gasteiger partial charge in [0.25, 0.3) is 0 Å². The Labute approximate surface area is 136 Å². The first kappa shape index (κ1) is 15.3. The number of aromatic nitrogens is 1. The van der Waals surface area contributed by atoms with Gasteiger partial charge in [-0.05, 0) is 66.6 Å². The molecule has 0 bridgehead atoms. The van der Waals surface area contributed by atoms with Gasteiger partial charge in [0.1, 0.15) is 6.54 Å². The van der Waals surface area contributed by atoms with E-state index in [4.69, 9.17) is 0 Å². The molecule has 0 spiro atoms. The van der Waals surface area contributed by atoms with Crippen LogP contribution in [0.15, 0.2) is 48.7 Å². The topological polar surface area (TPSA) is 34.0 Å². The van der Waals surface area contributed by atoms with Crippen LogP contribution in [-0.2, 0) is 17.8 Å². The van der Waals surface area contributed by atoms with E-state index in [1.165, 1.54) is 16.5 Å². The average Bonchev–Trinajstić information content (AvgIpc) is 2.94. The van der Waals surface area contributed by atoms with Gasteiger partial charge in [-0.3, -0.25) is 4.79 Å². The summed E-state index contributed by atoms with van der Waals surface area (Å²) in [7, 11) is 0. The number of benzene rings is 2. The largest absolute Gasteiger partial charge is 0.338 e. The Morgan fingerprint density at radius 3 is 2.74 bits per heavy atom. The third kappa shape index (κ3) is 3.14. The monoisotopic (exact) mass is 306 g/mol. The number of hydrogen-bond donors (Lipinski definition) is 1. The summed E-state index contributed by atoms with van der Waals surface area (Å²) in [6.45, 7) is 6.55. The molecule has 0 atom stereocenters. The number of rotatable bonds is 4. The summed E-state index contributed by atoms with van der Waals surface area (Å²) in [6.07, 6.45) is 3.00. The second kappa shape index (κ2) is 6.29. The van der Waals surface area contributed by atoms with Gasteiger partial charge in [0.15, 0.2) is 0 Å². The molecule has 1 amide bonds. The number of carbonyl (C=O) groups excluding carboxylic acids is 1. The standard InChI is InChI=1S/C20H22N2O/c1-4-16-8-9-19-17(12-16)10-11-22(19)13-20(23)21-18-7-5-6-14(2)15(18)3/h5-12H,4,13H2,1-3H3,(H,21,23). The normalized spacial score (nSPS) is 10.9. The Balaban J connectivity index is 1.79. The van der Waals surface area contributed by atoms with Crippen molar-refractivity contribution in [3.63, 3.8) is 0 Å². The fourth-order valence-electron chi connectivity index (χ4n) is 2.84. The molecule has 0 fully saturated rings.